The van der Waals surface area contributed by atoms with Crippen LogP contribution in [0.15, 0.2) is 11.6 Å². The van der Waals surface area contributed by atoms with Gasteiger partial charge in [-0.25, -0.2) is 0 Å². The molecule has 5 aliphatic rings. The zero-order valence-corrected chi connectivity index (χ0v) is 22.2. The van der Waals surface area contributed by atoms with Gasteiger partial charge in [-0.3, -0.25) is 0 Å². The highest BCUT2D eigenvalue weighted by molar-refractivity contribution is 5.33. The van der Waals surface area contributed by atoms with Gasteiger partial charge in [-0.1, -0.05) is 53.2 Å². The first-order valence-corrected chi connectivity index (χ1v) is 14.0. The third kappa shape index (κ3) is 2.91. The van der Waals surface area contributed by atoms with Crippen molar-refractivity contribution in [1.82, 2.24) is 0 Å². The van der Waals surface area contributed by atoms with Crippen molar-refractivity contribution < 1.29 is 15.3 Å². The second-order valence-electron chi connectivity index (χ2n) is 14.5. The maximum atomic E-state index is 10.9. The molecule has 188 valence electrons. The standard InChI is InChI=1S/C30H50O3/c1-19-20(17-31)9-12-26(2)15-16-29(5)21(25(19)26)7-8-23-27(3)13-11-24(33)28(4,18-32)22(27)10-14-30(23,29)6/h7,19-20,22-25,31-33H,8-18H2,1-6H3/t19-,20?,22?,23+,24-,25?,26+,27-,28+,29+,30+/m0/s1. The summed E-state index contributed by atoms with van der Waals surface area (Å²) in [4.78, 5) is 0. The van der Waals surface area contributed by atoms with Gasteiger partial charge in [0.25, 0.3) is 0 Å². The number of hydrogen-bond donors (Lipinski definition) is 3. The van der Waals surface area contributed by atoms with Gasteiger partial charge < -0.3 is 15.3 Å². The first-order chi connectivity index (χ1) is 15.4. The van der Waals surface area contributed by atoms with Gasteiger partial charge in [-0.15, -0.1) is 0 Å². The molecule has 0 radical (unpaired) electrons. The molecule has 33 heavy (non-hydrogen) atoms. The minimum Gasteiger partial charge on any atom is -0.396 e. The van der Waals surface area contributed by atoms with E-state index in [0.717, 1.165) is 25.7 Å². The summed E-state index contributed by atoms with van der Waals surface area (Å²) < 4.78 is 0. The lowest BCUT2D eigenvalue weighted by Gasteiger charge is -2.71. The third-order valence-electron chi connectivity index (χ3n) is 13.5. The average molecular weight is 459 g/mol. The van der Waals surface area contributed by atoms with E-state index in [2.05, 4.69) is 47.6 Å². The molecule has 0 saturated heterocycles. The molecule has 5 aliphatic carbocycles. The molecule has 0 amide bonds. The Balaban J connectivity index is 1.58. The molecule has 0 spiro atoms. The lowest BCUT2D eigenvalue weighted by molar-refractivity contribution is -0.216. The second kappa shape index (κ2) is 7.56. The van der Waals surface area contributed by atoms with Gasteiger partial charge in [0, 0.05) is 12.0 Å². The van der Waals surface area contributed by atoms with Gasteiger partial charge in [0.1, 0.15) is 0 Å². The Morgan fingerprint density at radius 3 is 2.27 bits per heavy atom. The van der Waals surface area contributed by atoms with Crippen LogP contribution in [0.4, 0.5) is 0 Å². The largest absolute Gasteiger partial charge is 0.396 e. The van der Waals surface area contributed by atoms with Crippen LogP contribution in [0.2, 0.25) is 0 Å². The predicted octanol–water partition coefficient (Wildman–Crippen LogP) is 5.97. The van der Waals surface area contributed by atoms with Crippen molar-refractivity contribution in [2.45, 2.75) is 105 Å². The van der Waals surface area contributed by atoms with Crippen molar-refractivity contribution >= 4 is 0 Å². The molecule has 0 aliphatic heterocycles. The number of fused-ring (bicyclic) bond motifs is 7. The number of aliphatic hydroxyl groups is 3. The van der Waals surface area contributed by atoms with Gasteiger partial charge in [0.15, 0.2) is 0 Å². The first kappa shape index (κ1) is 24.3. The zero-order valence-electron chi connectivity index (χ0n) is 22.2. The first-order valence-electron chi connectivity index (χ1n) is 14.0. The Kier molecular flexibility index (Phi) is 5.57. The molecule has 0 aromatic heterocycles. The molecule has 4 saturated carbocycles. The zero-order chi connectivity index (χ0) is 24.0. The third-order valence-corrected chi connectivity index (χ3v) is 13.5. The SMILES string of the molecule is C[C@H]1C(CO)CC[C@]2(C)CC[C@]3(C)C(=CC[C@@H]4[C@@]5(C)CC[C@H](O)[C@](C)(CO)C5CC[C@]43C)C12. The summed E-state index contributed by atoms with van der Waals surface area (Å²) in [6.45, 7) is 15.3. The molecule has 0 heterocycles. The van der Waals surface area contributed by atoms with E-state index in [1.807, 2.05) is 0 Å². The highest BCUT2D eigenvalue weighted by atomic mass is 16.3. The molecule has 3 unspecified atom stereocenters. The fraction of sp³-hybridized carbons (Fsp3) is 0.933. The molecule has 0 bridgehead atoms. The van der Waals surface area contributed by atoms with Gasteiger partial charge in [0.2, 0.25) is 0 Å². The van der Waals surface area contributed by atoms with Gasteiger partial charge in [-0.05, 0) is 109 Å². The van der Waals surface area contributed by atoms with E-state index in [1.54, 1.807) is 5.57 Å². The Morgan fingerprint density at radius 2 is 1.61 bits per heavy atom. The van der Waals surface area contributed by atoms with Crippen LogP contribution < -0.4 is 0 Å². The molecule has 5 rings (SSSR count). The summed E-state index contributed by atoms with van der Waals surface area (Å²) in [6, 6.07) is 0. The number of rotatable bonds is 2. The van der Waals surface area contributed by atoms with E-state index in [0.29, 0.717) is 41.6 Å². The van der Waals surface area contributed by atoms with E-state index < -0.39 is 0 Å². The minimum atomic E-state index is -0.385. The Morgan fingerprint density at radius 1 is 0.879 bits per heavy atom. The average Bonchev–Trinajstić information content (AvgIpc) is 2.77. The minimum absolute atomic E-state index is 0.0940. The quantitative estimate of drug-likeness (QED) is 0.447. The number of aliphatic hydroxyl groups excluding tert-OH is 3. The van der Waals surface area contributed by atoms with Crippen molar-refractivity contribution in [3.05, 3.63) is 11.6 Å². The molecule has 3 N–H and O–H groups in total. The Labute approximate surface area is 202 Å². The molecule has 4 fully saturated rings. The molecule has 0 aromatic carbocycles. The van der Waals surface area contributed by atoms with Crippen molar-refractivity contribution in [2.75, 3.05) is 13.2 Å². The molecular formula is C30H50O3. The van der Waals surface area contributed by atoms with Crippen LogP contribution in [-0.2, 0) is 0 Å². The Bertz CT molecular complexity index is 821. The fourth-order valence-corrected chi connectivity index (χ4v) is 11.0. The van der Waals surface area contributed by atoms with E-state index in [4.69, 9.17) is 0 Å². The normalized spacial score (nSPS) is 58.4. The summed E-state index contributed by atoms with van der Waals surface area (Å²) in [6.07, 6.45) is 12.7. The summed E-state index contributed by atoms with van der Waals surface area (Å²) in [7, 11) is 0. The highest BCUT2D eigenvalue weighted by Gasteiger charge is 2.68. The highest BCUT2D eigenvalue weighted by Crippen LogP contribution is 2.75. The maximum Gasteiger partial charge on any atom is 0.0618 e. The van der Waals surface area contributed by atoms with Crippen LogP contribution in [0.25, 0.3) is 0 Å². The van der Waals surface area contributed by atoms with E-state index in [9.17, 15) is 15.3 Å². The van der Waals surface area contributed by atoms with Crippen molar-refractivity contribution in [3.63, 3.8) is 0 Å². The maximum absolute atomic E-state index is 10.9. The van der Waals surface area contributed by atoms with Crippen LogP contribution in [0.1, 0.15) is 99.3 Å². The van der Waals surface area contributed by atoms with Crippen molar-refractivity contribution in [3.8, 4) is 0 Å². The van der Waals surface area contributed by atoms with E-state index in [-0.39, 0.29) is 34.4 Å². The molecule has 3 heteroatoms. The second-order valence-corrected chi connectivity index (χ2v) is 14.5. The van der Waals surface area contributed by atoms with E-state index in [1.165, 1.54) is 32.1 Å². The Hall–Kier alpha value is -0.380. The van der Waals surface area contributed by atoms with Crippen molar-refractivity contribution in [1.29, 1.82) is 0 Å². The van der Waals surface area contributed by atoms with E-state index >= 15 is 0 Å². The van der Waals surface area contributed by atoms with Gasteiger partial charge >= 0.3 is 0 Å². The van der Waals surface area contributed by atoms with Crippen LogP contribution >= 0.6 is 0 Å². The van der Waals surface area contributed by atoms with Crippen LogP contribution in [0.3, 0.4) is 0 Å². The topological polar surface area (TPSA) is 60.7 Å². The lowest BCUT2D eigenvalue weighted by atomic mass is 9.33. The summed E-state index contributed by atoms with van der Waals surface area (Å²) in [5, 5.41) is 31.5. The lowest BCUT2D eigenvalue weighted by Crippen LogP contribution is -2.65. The fourth-order valence-electron chi connectivity index (χ4n) is 11.0. The van der Waals surface area contributed by atoms with Crippen LogP contribution in [0.5, 0.6) is 0 Å². The van der Waals surface area contributed by atoms with Gasteiger partial charge in [-0.2, -0.15) is 0 Å². The summed E-state index contributed by atoms with van der Waals surface area (Å²) in [5.74, 6) is 2.58. The summed E-state index contributed by atoms with van der Waals surface area (Å²) in [5.41, 5.74) is 2.38. The smallest absolute Gasteiger partial charge is 0.0618 e. The predicted molar refractivity (Wildman–Crippen MR) is 133 cm³/mol. The van der Waals surface area contributed by atoms with Gasteiger partial charge in [0.05, 0.1) is 12.7 Å². The molecule has 0 aromatic rings. The van der Waals surface area contributed by atoms with Crippen LogP contribution in [-0.4, -0.2) is 34.6 Å². The molecule has 3 nitrogen and oxygen atoms in total. The summed E-state index contributed by atoms with van der Waals surface area (Å²) >= 11 is 0. The molecular weight excluding hydrogens is 408 g/mol. The number of hydrogen-bond acceptors (Lipinski definition) is 3. The van der Waals surface area contributed by atoms with Crippen LogP contribution in [0, 0.1) is 56.7 Å². The molecule has 11 atom stereocenters. The van der Waals surface area contributed by atoms with Crippen molar-refractivity contribution in [2.24, 2.45) is 56.7 Å². The monoisotopic (exact) mass is 458 g/mol. The number of allylic oxidation sites excluding steroid dienone is 2.